The van der Waals surface area contributed by atoms with Crippen LogP contribution in [0, 0.1) is 28.8 Å². The molecule has 2 N–H and O–H groups in total. The van der Waals surface area contributed by atoms with Crippen molar-refractivity contribution in [2.24, 2.45) is 11.3 Å². The molecule has 3 rings (SSSR count). The van der Waals surface area contributed by atoms with Gasteiger partial charge in [-0.25, -0.2) is 13.8 Å². The van der Waals surface area contributed by atoms with Gasteiger partial charge in [0.05, 0.1) is 6.20 Å². The Labute approximate surface area is 147 Å². The van der Waals surface area contributed by atoms with Crippen LogP contribution in [0.5, 0.6) is 0 Å². The fraction of sp³-hybridized carbons (Fsp3) is 0.389. The van der Waals surface area contributed by atoms with Gasteiger partial charge in [0, 0.05) is 12.6 Å². The quantitative estimate of drug-likeness (QED) is 0.826. The molecule has 0 aliphatic heterocycles. The highest BCUT2D eigenvalue weighted by Gasteiger charge is 2.42. The Balaban J connectivity index is 1.72. The molecule has 26 heavy (non-hydrogen) atoms. The summed E-state index contributed by atoms with van der Waals surface area (Å²) in [7, 11) is 0. The third kappa shape index (κ3) is 3.95. The number of nitrogens with one attached hydrogen (secondary N) is 2. The number of aromatic amines is 1. The molecule has 1 aliphatic carbocycles. The highest BCUT2D eigenvalue weighted by molar-refractivity contribution is 5.90. The molecule has 1 aliphatic rings. The van der Waals surface area contributed by atoms with E-state index in [1.165, 1.54) is 12.1 Å². The molecule has 0 saturated heterocycles. The first-order chi connectivity index (χ1) is 12.3. The van der Waals surface area contributed by atoms with Gasteiger partial charge >= 0.3 is 0 Å². The van der Waals surface area contributed by atoms with Crippen molar-refractivity contribution in [2.75, 3.05) is 6.54 Å². The van der Waals surface area contributed by atoms with Crippen LogP contribution in [0.25, 0.3) is 0 Å². The van der Waals surface area contributed by atoms with Gasteiger partial charge in [0.1, 0.15) is 11.6 Å². The summed E-state index contributed by atoms with van der Waals surface area (Å²) < 4.78 is 40.1. The molecule has 0 radical (unpaired) electrons. The van der Waals surface area contributed by atoms with Crippen LogP contribution in [-0.4, -0.2) is 22.4 Å². The van der Waals surface area contributed by atoms with Gasteiger partial charge in [0.25, 0.3) is 11.5 Å². The number of halogens is 3. The fourth-order valence-electron chi connectivity index (χ4n) is 3.09. The van der Waals surface area contributed by atoms with E-state index in [1.54, 1.807) is 0 Å². The summed E-state index contributed by atoms with van der Waals surface area (Å²) >= 11 is 0. The van der Waals surface area contributed by atoms with E-state index < -0.39 is 34.3 Å². The van der Waals surface area contributed by atoms with E-state index in [2.05, 4.69) is 15.3 Å². The van der Waals surface area contributed by atoms with Crippen LogP contribution in [0.1, 0.15) is 35.9 Å². The molecule has 0 bridgehead atoms. The van der Waals surface area contributed by atoms with Gasteiger partial charge in [0.2, 0.25) is 5.82 Å². The van der Waals surface area contributed by atoms with Crippen molar-refractivity contribution in [1.82, 2.24) is 15.3 Å². The number of hydrogen-bond acceptors (Lipinski definition) is 3. The summed E-state index contributed by atoms with van der Waals surface area (Å²) in [4.78, 5) is 29.0. The molecule has 1 aromatic carbocycles. The van der Waals surface area contributed by atoms with Crippen molar-refractivity contribution in [3.05, 3.63) is 63.6 Å². The fourth-order valence-corrected chi connectivity index (χ4v) is 3.09. The zero-order valence-electron chi connectivity index (χ0n) is 14.1. The van der Waals surface area contributed by atoms with Crippen molar-refractivity contribution in [2.45, 2.75) is 26.2 Å². The Morgan fingerprint density at radius 1 is 1.31 bits per heavy atom. The molecule has 0 unspecified atom stereocenters. The average molecular weight is 365 g/mol. The second-order valence-electron chi connectivity index (χ2n) is 6.93. The lowest BCUT2D eigenvalue weighted by Crippen LogP contribution is -2.40. The van der Waals surface area contributed by atoms with Gasteiger partial charge in [-0.3, -0.25) is 14.6 Å². The molecule has 1 saturated carbocycles. The highest BCUT2D eigenvalue weighted by Crippen LogP contribution is 2.47. The first kappa shape index (κ1) is 18.2. The number of hydrogen-bond donors (Lipinski definition) is 2. The summed E-state index contributed by atoms with van der Waals surface area (Å²) in [5.74, 6) is -2.97. The third-order valence-corrected chi connectivity index (χ3v) is 4.80. The minimum Gasteiger partial charge on any atom is -0.349 e. The van der Waals surface area contributed by atoms with E-state index in [-0.39, 0.29) is 12.4 Å². The molecular formula is C18H18F3N3O2. The Kier molecular flexibility index (Phi) is 4.84. The van der Waals surface area contributed by atoms with Crippen LogP contribution >= 0.6 is 0 Å². The topological polar surface area (TPSA) is 74.8 Å². The second kappa shape index (κ2) is 6.93. The van der Waals surface area contributed by atoms with Crippen molar-refractivity contribution in [3.8, 4) is 0 Å². The summed E-state index contributed by atoms with van der Waals surface area (Å²) in [6.07, 6.45) is 2.93. The minimum atomic E-state index is -1.07. The minimum absolute atomic E-state index is 0.217. The van der Waals surface area contributed by atoms with Crippen LogP contribution in [0.3, 0.4) is 0 Å². The highest BCUT2D eigenvalue weighted by atomic mass is 19.1. The molecule has 2 aromatic rings. The van der Waals surface area contributed by atoms with Crippen molar-refractivity contribution >= 4 is 5.91 Å². The van der Waals surface area contributed by atoms with Crippen molar-refractivity contribution in [1.29, 1.82) is 0 Å². The molecule has 1 atom stereocenters. The zero-order chi connectivity index (χ0) is 18.9. The van der Waals surface area contributed by atoms with E-state index >= 15 is 0 Å². The van der Waals surface area contributed by atoms with Gasteiger partial charge in [-0.15, -0.1) is 0 Å². The zero-order valence-corrected chi connectivity index (χ0v) is 14.1. The van der Waals surface area contributed by atoms with Crippen LogP contribution in [-0.2, 0) is 6.42 Å². The number of rotatable bonds is 6. The van der Waals surface area contributed by atoms with Crippen molar-refractivity contribution < 1.29 is 18.0 Å². The smallest absolute Gasteiger partial charge is 0.287 e. The summed E-state index contributed by atoms with van der Waals surface area (Å²) in [5, 5.41) is 2.67. The lowest BCUT2D eigenvalue weighted by Gasteiger charge is -2.30. The molecule has 138 valence electrons. The number of benzene rings is 1. The van der Waals surface area contributed by atoms with Gasteiger partial charge in [-0.1, -0.05) is 13.0 Å². The molecule has 1 fully saturated rings. The normalized spacial score (nSPS) is 16.2. The molecule has 5 nitrogen and oxygen atoms in total. The van der Waals surface area contributed by atoms with Crippen LogP contribution < -0.4 is 10.9 Å². The van der Waals surface area contributed by atoms with E-state index in [0.717, 1.165) is 18.9 Å². The number of aromatic nitrogens is 2. The van der Waals surface area contributed by atoms with Gasteiger partial charge in [-0.2, -0.15) is 4.39 Å². The van der Waals surface area contributed by atoms with E-state index in [0.29, 0.717) is 24.1 Å². The standard InChI is InChI=1S/C18H18F3N3O2/c1-18(11-3-4-11,7-10-2-5-12(19)6-13(10)20)9-23-17(26)15-22-8-14(21)16(25)24-15/h2,5-6,8,11H,3-4,7,9H2,1H3,(H,23,26)(H,22,24,25)/t18-/m1/s1. The molecule has 1 amide bonds. The van der Waals surface area contributed by atoms with Crippen LogP contribution in [0.2, 0.25) is 0 Å². The number of H-pyrrole nitrogens is 1. The van der Waals surface area contributed by atoms with Gasteiger partial charge in [0.15, 0.2) is 5.82 Å². The maximum Gasteiger partial charge on any atom is 0.287 e. The van der Waals surface area contributed by atoms with Crippen LogP contribution in [0.15, 0.2) is 29.2 Å². The Hall–Kier alpha value is -2.64. The first-order valence-electron chi connectivity index (χ1n) is 8.25. The Morgan fingerprint density at radius 3 is 2.65 bits per heavy atom. The Bertz CT molecular complexity index is 895. The van der Waals surface area contributed by atoms with E-state index in [9.17, 15) is 22.8 Å². The number of carbonyl (C=O) groups excluding carboxylic acids is 1. The lowest BCUT2D eigenvalue weighted by molar-refractivity contribution is 0.0915. The predicted molar refractivity (Wildman–Crippen MR) is 88.0 cm³/mol. The molecule has 1 aromatic heterocycles. The number of nitrogens with zero attached hydrogens (tertiary/aromatic N) is 1. The number of carbonyl (C=O) groups is 1. The second-order valence-corrected chi connectivity index (χ2v) is 6.93. The largest absolute Gasteiger partial charge is 0.349 e. The molecular weight excluding hydrogens is 347 g/mol. The van der Waals surface area contributed by atoms with Gasteiger partial charge in [-0.05, 0) is 42.2 Å². The van der Waals surface area contributed by atoms with E-state index in [1.807, 2.05) is 6.92 Å². The van der Waals surface area contributed by atoms with E-state index in [4.69, 9.17) is 0 Å². The summed E-state index contributed by atoms with van der Waals surface area (Å²) in [5.41, 5.74) is -1.08. The number of amides is 1. The third-order valence-electron chi connectivity index (χ3n) is 4.80. The lowest BCUT2D eigenvalue weighted by atomic mass is 9.78. The summed E-state index contributed by atoms with van der Waals surface area (Å²) in [6.45, 7) is 2.14. The molecule has 0 spiro atoms. The van der Waals surface area contributed by atoms with Crippen molar-refractivity contribution in [3.63, 3.8) is 0 Å². The van der Waals surface area contributed by atoms with Crippen LogP contribution in [0.4, 0.5) is 13.2 Å². The maximum atomic E-state index is 14.0. The Morgan fingerprint density at radius 2 is 2.04 bits per heavy atom. The maximum absolute atomic E-state index is 14.0. The van der Waals surface area contributed by atoms with Gasteiger partial charge < -0.3 is 5.32 Å². The average Bonchev–Trinajstić information content (AvgIpc) is 3.43. The first-order valence-corrected chi connectivity index (χ1v) is 8.25. The monoisotopic (exact) mass is 365 g/mol. The molecule has 8 heteroatoms. The summed E-state index contributed by atoms with van der Waals surface area (Å²) in [6, 6.07) is 3.46. The predicted octanol–water partition coefficient (Wildman–Crippen LogP) is 2.58. The molecule has 1 heterocycles. The SMILES string of the molecule is C[C@](CNC(=O)c1ncc(F)c(=O)[nH]1)(Cc1ccc(F)cc1F)C1CC1.